The molecule has 0 spiro atoms. The number of ether oxygens (including phenoxy) is 1. The van der Waals surface area contributed by atoms with Crippen LogP contribution in [0.4, 0.5) is 10.5 Å². The third kappa shape index (κ3) is 3.22. The highest BCUT2D eigenvalue weighted by Crippen LogP contribution is 2.31. The zero-order chi connectivity index (χ0) is 17.9. The van der Waals surface area contributed by atoms with Crippen molar-refractivity contribution in [3.8, 4) is 0 Å². The number of esters is 1. The molecule has 24 heavy (non-hydrogen) atoms. The van der Waals surface area contributed by atoms with Gasteiger partial charge in [0.05, 0.1) is 23.1 Å². The van der Waals surface area contributed by atoms with Gasteiger partial charge in [-0.25, -0.2) is 9.59 Å². The Bertz CT molecular complexity index is 696. The van der Waals surface area contributed by atoms with Gasteiger partial charge in [0.1, 0.15) is 0 Å². The van der Waals surface area contributed by atoms with E-state index in [1.165, 1.54) is 29.2 Å². The summed E-state index contributed by atoms with van der Waals surface area (Å²) in [4.78, 5) is 36.3. The Morgan fingerprint density at radius 3 is 2.46 bits per heavy atom. The van der Waals surface area contributed by atoms with E-state index in [4.69, 9.17) is 4.74 Å². The van der Waals surface area contributed by atoms with Crippen LogP contribution < -0.4 is 5.32 Å². The van der Waals surface area contributed by atoms with Gasteiger partial charge in [-0.05, 0) is 38.5 Å². The number of nitrogens with zero attached hydrogens (tertiary/aromatic N) is 2. The number of rotatable bonds is 5. The van der Waals surface area contributed by atoms with Crippen molar-refractivity contribution in [2.45, 2.75) is 26.8 Å². The van der Waals surface area contributed by atoms with E-state index in [1.807, 2.05) is 0 Å². The molecule has 1 heterocycles. The van der Waals surface area contributed by atoms with Crippen LogP contribution in [-0.2, 0) is 9.53 Å². The largest absolute Gasteiger partial charge is 0.463 e. The Morgan fingerprint density at radius 1 is 1.33 bits per heavy atom. The van der Waals surface area contributed by atoms with E-state index in [0.29, 0.717) is 23.4 Å². The number of urea groups is 1. The van der Waals surface area contributed by atoms with E-state index in [9.17, 15) is 19.7 Å². The van der Waals surface area contributed by atoms with Crippen molar-refractivity contribution in [3.05, 3.63) is 51.2 Å². The number of non-ortho nitro benzene ring substituents is 1. The van der Waals surface area contributed by atoms with Gasteiger partial charge in [-0.15, -0.1) is 0 Å². The maximum atomic E-state index is 12.4. The first-order valence-corrected chi connectivity index (χ1v) is 7.60. The standard InChI is InChI=1S/C16H19N3O5/c1-4-18-10(3)13(15(20)24-5-2)14(17-16(18)21)11-6-8-12(9-7-11)19(22)23/h6-9,14H,4-5H2,1-3H3,(H,17,21)/t14-/m1/s1. The van der Waals surface area contributed by atoms with E-state index >= 15 is 0 Å². The number of amides is 2. The second-order valence-corrected chi connectivity index (χ2v) is 5.19. The monoisotopic (exact) mass is 333 g/mol. The summed E-state index contributed by atoms with van der Waals surface area (Å²) < 4.78 is 5.11. The highest BCUT2D eigenvalue weighted by atomic mass is 16.6. The lowest BCUT2D eigenvalue weighted by Gasteiger charge is -2.34. The highest BCUT2D eigenvalue weighted by molar-refractivity contribution is 5.95. The number of carbonyl (C=O) groups is 2. The summed E-state index contributed by atoms with van der Waals surface area (Å²) in [6, 6.07) is 4.69. The minimum Gasteiger partial charge on any atom is -0.463 e. The Balaban J connectivity index is 2.49. The van der Waals surface area contributed by atoms with Gasteiger partial charge in [-0.1, -0.05) is 0 Å². The average molecular weight is 333 g/mol. The van der Waals surface area contributed by atoms with Crippen molar-refractivity contribution in [1.29, 1.82) is 0 Å². The van der Waals surface area contributed by atoms with E-state index in [1.54, 1.807) is 20.8 Å². The fourth-order valence-electron chi connectivity index (χ4n) is 2.67. The Labute approximate surface area is 139 Å². The van der Waals surface area contributed by atoms with Crippen LogP contribution in [0, 0.1) is 10.1 Å². The Kier molecular flexibility index (Phi) is 5.18. The SMILES string of the molecule is CCOC(=O)C1=C(C)N(CC)C(=O)N[C@@H]1c1ccc([N+](=O)[O-])cc1. The number of nitrogens with one attached hydrogen (secondary N) is 1. The number of nitro benzene ring substituents is 1. The molecule has 0 saturated carbocycles. The normalized spacial score (nSPS) is 17.5. The molecule has 0 bridgehead atoms. The lowest BCUT2D eigenvalue weighted by molar-refractivity contribution is -0.384. The number of hydrogen-bond acceptors (Lipinski definition) is 5. The van der Waals surface area contributed by atoms with Gasteiger partial charge in [0.15, 0.2) is 0 Å². The summed E-state index contributed by atoms with van der Waals surface area (Å²) in [5.41, 5.74) is 1.36. The molecule has 1 N–H and O–H groups in total. The third-order valence-electron chi connectivity index (χ3n) is 3.85. The van der Waals surface area contributed by atoms with Gasteiger partial charge in [0, 0.05) is 24.4 Å². The fraction of sp³-hybridized carbons (Fsp3) is 0.375. The summed E-state index contributed by atoms with van der Waals surface area (Å²) >= 11 is 0. The van der Waals surface area contributed by atoms with E-state index in [2.05, 4.69) is 5.32 Å². The van der Waals surface area contributed by atoms with Crippen molar-refractivity contribution in [2.24, 2.45) is 0 Å². The first-order valence-electron chi connectivity index (χ1n) is 7.60. The molecule has 1 aromatic carbocycles. The van der Waals surface area contributed by atoms with Gasteiger partial charge in [0.2, 0.25) is 0 Å². The number of nitro groups is 1. The number of allylic oxidation sites excluding steroid dienone is 1. The van der Waals surface area contributed by atoms with Crippen LogP contribution in [0.3, 0.4) is 0 Å². The summed E-state index contributed by atoms with van der Waals surface area (Å²) in [7, 11) is 0. The summed E-state index contributed by atoms with van der Waals surface area (Å²) in [5, 5.41) is 13.5. The Morgan fingerprint density at radius 2 is 1.96 bits per heavy atom. The maximum Gasteiger partial charge on any atom is 0.338 e. The fourth-order valence-corrected chi connectivity index (χ4v) is 2.67. The molecule has 0 fully saturated rings. The Hall–Kier alpha value is -2.90. The van der Waals surface area contributed by atoms with Gasteiger partial charge in [0.25, 0.3) is 5.69 Å². The lowest BCUT2D eigenvalue weighted by atomic mass is 9.94. The topological polar surface area (TPSA) is 102 Å². The molecule has 0 aliphatic carbocycles. The quantitative estimate of drug-likeness (QED) is 0.507. The number of hydrogen-bond donors (Lipinski definition) is 1. The highest BCUT2D eigenvalue weighted by Gasteiger charge is 2.35. The molecule has 2 amide bonds. The molecule has 1 aliphatic heterocycles. The minimum atomic E-state index is -0.708. The van der Waals surface area contributed by atoms with Crippen molar-refractivity contribution < 1.29 is 19.2 Å². The van der Waals surface area contributed by atoms with Crippen molar-refractivity contribution in [2.75, 3.05) is 13.2 Å². The second-order valence-electron chi connectivity index (χ2n) is 5.19. The first-order chi connectivity index (χ1) is 11.4. The molecule has 0 radical (unpaired) electrons. The average Bonchev–Trinajstić information content (AvgIpc) is 2.55. The van der Waals surface area contributed by atoms with Gasteiger partial charge in [-0.2, -0.15) is 0 Å². The van der Waals surface area contributed by atoms with E-state index < -0.39 is 16.9 Å². The van der Waals surface area contributed by atoms with E-state index in [-0.39, 0.29) is 18.3 Å². The maximum absolute atomic E-state index is 12.4. The predicted molar refractivity (Wildman–Crippen MR) is 86.1 cm³/mol. The lowest BCUT2D eigenvalue weighted by Crippen LogP contribution is -2.47. The third-order valence-corrected chi connectivity index (χ3v) is 3.85. The zero-order valence-corrected chi connectivity index (χ0v) is 13.7. The van der Waals surface area contributed by atoms with Crippen LogP contribution in [0.1, 0.15) is 32.4 Å². The molecule has 1 aliphatic rings. The molecular formula is C16H19N3O5. The molecular weight excluding hydrogens is 314 g/mol. The molecule has 0 unspecified atom stereocenters. The summed E-state index contributed by atoms with van der Waals surface area (Å²) in [6.07, 6.45) is 0. The van der Waals surface area contributed by atoms with Crippen LogP contribution in [0.15, 0.2) is 35.5 Å². The van der Waals surface area contributed by atoms with Gasteiger partial charge < -0.3 is 10.1 Å². The number of benzene rings is 1. The van der Waals surface area contributed by atoms with Crippen LogP contribution in [-0.4, -0.2) is 35.0 Å². The molecule has 8 nitrogen and oxygen atoms in total. The van der Waals surface area contributed by atoms with Crippen LogP contribution in [0.5, 0.6) is 0 Å². The van der Waals surface area contributed by atoms with E-state index in [0.717, 1.165) is 0 Å². The zero-order valence-electron chi connectivity index (χ0n) is 13.7. The molecule has 1 aromatic rings. The van der Waals surface area contributed by atoms with Crippen LogP contribution in [0.2, 0.25) is 0 Å². The first kappa shape index (κ1) is 17.5. The molecule has 8 heteroatoms. The van der Waals surface area contributed by atoms with Crippen molar-refractivity contribution >= 4 is 17.7 Å². The second kappa shape index (κ2) is 7.12. The minimum absolute atomic E-state index is 0.0607. The molecule has 0 saturated heterocycles. The predicted octanol–water partition coefficient (Wildman–Crippen LogP) is 2.52. The van der Waals surface area contributed by atoms with Crippen LogP contribution in [0.25, 0.3) is 0 Å². The molecule has 2 rings (SSSR count). The smallest absolute Gasteiger partial charge is 0.338 e. The van der Waals surface area contributed by atoms with Gasteiger partial charge >= 0.3 is 12.0 Å². The summed E-state index contributed by atoms with van der Waals surface area (Å²) in [5.74, 6) is -0.517. The molecule has 128 valence electrons. The van der Waals surface area contributed by atoms with Crippen molar-refractivity contribution in [1.82, 2.24) is 10.2 Å². The molecule has 1 atom stereocenters. The van der Waals surface area contributed by atoms with Gasteiger partial charge in [-0.3, -0.25) is 15.0 Å². The summed E-state index contributed by atoms with van der Waals surface area (Å²) in [6.45, 7) is 5.81. The molecule has 0 aromatic heterocycles. The van der Waals surface area contributed by atoms with Crippen LogP contribution >= 0.6 is 0 Å². The van der Waals surface area contributed by atoms with Crippen molar-refractivity contribution in [3.63, 3.8) is 0 Å². The number of carbonyl (C=O) groups excluding carboxylic acids is 2.